The van der Waals surface area contributed by atoms with Crippen LogP contribution in [0.15, 0.2) is 66.9 Å². The number of ether oxygens (including phenoxy) is 1. The van der Waals surface area contributed by atoms with Crippen molar-refractivity contribution in [2.75, 3.05) is 31.1 Å². The molecule has 0 unspecified atom stereocenters. The molecule has 1 aromatic carbocycles. The van der Waals surface area contributed by atoms with Crippen molar-refractivity contribution in [3.63, 3.8) is 0 Å². The van der Waals surface area contributed by atoms with Gasteiger partial charge >= 0.3 is 5.97 Å². The van der Waals surface area contributed by atoms with Crippen LogP contribution in [0.1, 0.15) is 32.8 Å². The predicted molar refractivity (Wildman–Crippen MR) is 116 cm³/mol. The van der Waals surface area contributed by atoms with E-state index in [1.165, 1.54) is 11.6 Å². The molecule has 1 aromatic rings. The average Bonchev–Trinajstić information content (AvgIpc) is 2.70. The molecule has 0 aliphatic heterocycles. The molecule has 0 aliphatic carbocycles. The molecule has 0 aliphatic rings. The fourth-order valence-electron chi connectivity index (χ4n) is 2.52. The Morgan fingerprint density at radius 3 is 2.56 bits per heavy atom. The summed E-state index contributed by atoms with van der Waals surface area (Å²) in [5, 5.41) is 3.30. The summed E-state index contributed by atoms with van der Waals surface area (Å²) < 4.78 is 5.06. The normalized spacial score (nSPS) is 11.7. The summed E-state index contributed by atoms with van der Waals surface area (Å²) in [6.45, 7) is 12.4. The van der Waals surface area contributed by atoms with E-state index in [-0.39, 0.29) is 5.97 Å². The van der Waals surface area contributed by atoms with Crippen molar-refractivity contribution in [3.8, 4) is 0 Å². The lowest BCUT2D eigenvalue weighted by Crippen LogP contribution is -2.27. The van der Waals surface area contributed by atoms with Crippen LogP contribution < -0.4 is 10.2 Å². The number of anilines is 1. The number of nitrogens with one attached hydrogen (secondary N) is 1. The molecule has 0 saturated heterocycles. The number of carbonyl (C=O) groups is 1. The molecule has 0 atom stereocenters. The number of esters is 1. The van der Waals surface area contributed by atoms with Crippen LogP contribution in [-0.2, 0) is 9.53 Å². The van der Waals surface area contributed by atoms with Crippen LogP contribution in [0, 0.1) is 0 Å². The standard InChI is InChI=1S/C23H32N2O2/c1-5-21(24-7-3)13-11-9-10-12-20-14-16-22(17-15-20)25(8-4)18-19-27-23(26)6-2/h5-6,10-17,24H,2,7-9,18-19H2,1,3-4H3/b12-10+,13-11-,21-5+. The first kappa shape index (κ1) is 22.3. The average molecular weight is 369 g/mol. The van der Waals surface area contributed by atoms with Crippen LogP contribution in [0.25, 0.3) is 6.08 Å². The summed E-state index contributed by atoms with van der Waals surface area (Å²) >= 11 is 0. The Morgan fingerprint density at radius 2 is 1.96 bits per heavy atom. The molecule has 0 aromatic heterocycles. The van der Waals surface area contributed by atoms with Crippen molar-refractivity contribution in [2.45, 2.75) is 27.2 Å². The third-order valence-corrected chi connectivity index (χ3v) is 3.98. The Balaban J connectivity index is 2.53. The zero-order valence-electron chi connectivity index (χ0n) is 16.8. The van der Waals surface area contributed by atoms with E-state index in [1.54, 1.807) is 0 Å². The van der Waals surface area contributed by atoms with Gasteiger partial charge in [0.2, 0.25) is 0 Å². The number of benzene rings is 1. The molecule has 0 saturated carbocycles. The molecule has 0 radical (unpaired) electrons. The molecule has 0 bridgehead atoms. The first-order valence-electron chi connectivity index (χ1n) is 9.52. The number of nitrogens with zero attached hydrogens (tertiary/aromatic N) is 1. The van der Waals surface area contributed by atoms with Crippen LogP contribution in [-0.4, -0.2) is 32.2 Å². The SMILES string of the molecule is C=CC(=O)OCCN(CC)c1ccc(/C=C/C/C=C\C(=C/C)NCC)cc1. The highest BCUT2D eigenvalue weighted by molar-refractivity contribution is 5.81. The zero-order chi connectivity index (χ0) is 19.9. The van der Waals surface area contributed by atoms with Gasteiger partial charge in [0.05, 0.1) is 6.54 Å². The van der Waals surface area contributed by atoms with E-state index in [4.69, 9.17) is 4.74 Å². The van der Waals surface area contributed by atoms with Gasteiger partial charge in [-0.3, -0.25) is 0 Å². The van der Waals surface area contributed by atoms with Gasteiger partial charge in [0.15, 0.2) is 0 Å². The Labute approximate surface area is 163 Å². The minimum absolute atomic E-state index is 0.355. The van der Waals surface area contributed by atoms with Crippen LogP contribution in [0.4, 0.5) is 5.69 Å². The van der Waals surface area contributed by atoms with Crippen LogP contribution in [0.5, 0.6) is 0 Å². The van der Waals surface area contributed by atoms with Gasteiger partial charge < -0.3 is 15.0 Å². The van der Waals surface area contributed by atoms with Gasteiger partial charge in [0.1, 0.15) is 6.61 Å². The van der Waals surface area contributed by atoms with E-state index in [1.807, 2.05) is 6.92 Å². The topological polar surface area (TPSA) is 41.6 Å². The van der Waals surface area contributed by atoms with Crippen molar-refractivity contribution < 1.29 is 9.53 Å². The van der Waals surface area contributed by atoms with E-state index in [0.717, 1.165) is 30.9 Å². The molecule has 4 heteroatoms. The summed E-state index contributed by atoms with van der Waals surface area (Å²) in [5.74, 6) is -0.382. The van der Waals surface area contributed by atoms with Crippen LogP contribution >= 0.6 is 0 Å². The van der Waals surface area contributed by atoms with Gasteiger partial charge in [0, 0.05) is 30.5 Å². The van der Waals surface area contributed by atoms with Crippen molar-refractivity contribution in [3.05, 3.63) is 72.5 Å². The molecular formula is C23H32N2O2. The van der Waals surface area contributed by atoms with Crippen molar-refractivity contribution >= 4 is 17.7 Å². The van der Waals surface area contributed by atoms with E-state index < -0.39 is 0 Å². The monoisotopic (exact) mass is 368 g/mol. The number of hydrogen-bond donors (Lipinski definition) is 1. The maximum absolute atomic E-state index is 11.1. The maximum atomic E-state index is 11.1. The van der Waals surface area contributed by atoms with Crippen LogP contribution in [0.3, 0.4) is 0 Å². The zero-order valence-corrected chi connectivity index (χ0v) is 16.8. The quantitative estimate of drug-likeness (QED) is 0.329. The molecule has 4 nitrogen and oxygen atoms in total. The smallest absolute Gasteiger partial charge is 0.330 e. The lowest BCUT2D eigenvalue weighted by molar-refractivity contribution is -0.137. The second-order valence-electron chi connectivity index (χ2n) is 5.86. The highest BCUT2D eigenvalue weighted by atomic mass is 16.5. The van der Waals surface area contributed by atoms with Gasteiger partial charge in [-0.15, -0.1) is 0 Å². The first-order chi connectivity index (χ1) is 13.1. The van der Waals surface area contributed by atoms with E-state index in [2.05, 4.69) is 85.3 Å². The van der Waals surface area contributed by atoms with Gasteiger partial charge in [-0.2, -0.15) is 0 Å². The molecule has 0 fully saturated rings. The first-order valence-corrected chi connectivity index (χ1v) is 9.52. The predicted octanol–water partition coefficient (Wildman–Crippen LogP) is 4.71. The maximum Gasteiger partial charge on any atom is 0.330 e. The lowest BCUT2D eigenvalue weighted by atomic mass is 10.1. The summed E-state index contributed by atoms with van der Waals surface area (Å²) in [4.78, 5) is 13.3. The number of carbonyl (C=O) groups excluding carboxylic acids is 1. The Kier molecular flexibility index (Phi) is 11.1. The second kappa shape index (κ2) is 13.5. The fraction of sp³-hybridized carbons (Fsp3) is 0.348. The number of allylic oxidation sites excluding steroid dienone is 4. The van der Waals surface area contributed by atoms with Crippen molar-refractivity contribution in [2.24, 2.45) is 0 Å². The number of rotatable bonds is 12. The van der Waals surface area contributed by atoms with Crippen molar-refractivity contribution in [1.29, 1.82) is 0 Å². The minimum Gasteiger partial charge on any atom is -0.461 e. The Hall–Kier alpha value is -2.75. The molecule has 0 spiro atoms. The Bertz CT molecular complexity index is 657. The third kappa shape index (κ3) is 8.95. The molecule has 0 amide bonds. The molecule has 146 valence electrons. The van der Waals surface area contributed by atoms with E-state index in [0.29, 0.717) is 13.2 Å². The fourth-order valence-corrected chi connectivity index (χ4v) is 2.52. The van der Waals surface area contributed by atoms with E-state index >= 15 is 0 Å². The Morgan fingerprint density at radius 1 is 1.22 bits per heavy atom. The van der Waals surface area contributed by atoms with Crippen molar-refractivity contribution in [1.82, 2.24) is 5.32 Å². The van der Waals surface area contributed by atoms with Gasteiger partial charge in [-0.25, -0.2) is 4.79 Å². The van der Waals surface area contributed by atoms with Gasteiger partial charge in [-0.1, -0.05) is 43.0 Å². The summed E-state index contributed by atoms with van der Waals surface area (Å²) in [6.07, 6.45) is 12.7. The number of hydrogen-bond acceptors (Lipinski definition) is 4. The molecule has 0 heterocycles. The lowest BCUT2D eigenvalue weighted by Gasteiger charge is -2.22. The molecule has 27 heavy (non-hydrogen) atoms. The van der Waals surface area contributed by atoms with Gasteiger partial charge in [0.25, 0.3) is 0 Å². The minimum atomic E-state index is -0.382. The molecule has 1 rings (SSSR count). The summed E-state index contributed by atoms with van der Waals surface area (Å²) in [5.41, 5.74) is 3.43. The van der Waals surface area contributed by atoms with E-state index in [9.17, 15) is 4.79 Å². The second-order valence-corrected chi connectivity index (χ2v) is 5.86. The highest BCUT2D eigenvalue weighted by Crippen LogP contribution is 2.16. The van der Waals surface area contributed by atoms with Gasteiger partial charge in [-0.05, 0) is 51.0 Å². The highest BCUT2D eigenvalue weighted by Gasteiger charge is 2.05. The largest absolute Gasteiger partial charge is 0.461 e. The van der Waals surface area contributed by atoms with Crippen LogP contribution in [0.2, 0.25) is 0 Å². The third-order valence-electron chi connectivity index (χ3n) is 3.98. The number of likely N-dealkylation sites (N-methyl/N-ethyl adjacent to an activating group) is 2. The molecule has 1 N–H and O–H groups in total. The summed E-state index contributed by atoms with van der Waals surface area (Å²) in [6, 6.07) is 8.39. The summed E-state index contributed by atoms with van der Waals surface area (Å²) in [7, 11) is 0. The molecular weight excluding hydrogens is 336 g/mol.